The molecule has 1 aliphatic rings. The number of aliphatic hydroxyl groups is 1. The van der Waals surface area contributed by atoms with Crippen LogP contribution in [0.4, 0.5) is 4.39 Å². The van der Waals surface area contributed by atoms with E-state index in [9.17, 15) is 9.50 Å². The van der Waals surface area contributed by atoms with Gasteiger partial charge in [-0.2, -0.15) is 0 Å². The number of halogens is 1. The average molecular weight is 271 g/mol. The van der Waals surface area contributed by atoms with E-state index in [0.29, 0.717) is 0 Å². The predicted molar refractivity (Wildman–Crippen MR) is 76.9 cm³/mol. The molecule has 20 heavy (non-hydrogen) atoms. The van der Waals surface area contributed by atoms with E-state index < -0.39 is 0 Å². The Balaban J connectivity index is 1.81. The van der Waals surface area contributed by atoms with Crippen LogP contribution in [-0.4, -0.2) is 11.7 Å². The van der Waals surface area contributed by atoms with Gasteiger partial charge in [0.05, 0.1) is 12.6 Å². The zero-order valence-electron chi connectivity index (χ0n) is 11.2. The highest BCUT2D eigenvalue weighted by Crippen LogP contribution is 2.34. The average Bonchev–Trinajstić information content (AvgIpc) is 2.90. The predicted octanol–water partition coefficient (Wildman–Crippen LogP) is 3.14. The maximum Gasteiger partial charge on any atom is 0.126 e. The molecule has 3 rings (SSSR count). The van der Waals surface area contributed by atoms with Gasteiger partial charge in [-0.05, 0) is 35.6 Å². The Hall–Kier alpha value is -1.71. The van der Waals surface area contributed by atoms with Crippen molar-refractivity contribution in [3.8, 4) is 0 Å². The molecule has 0 amide bonds. The lowest BCUT2D eigenvalue weighted by Crippen LogP contribution is -2.27. The largest absolute Gasteiger partial charge is 0.394 e. The second-order valence-corrected chi connectivity index (χ2v) is 5.21. The summed E-state index contributed by atoms with van der Waals surface area (Å²) in [6, 6.07) is 15.1. The summed E-state index contributed by atoms with van der Waals surface area (Å²) in [6.07, 6.45) is 1.63. The summed E-state index contributed by atoms with van der Waals surface area (Å²) in [4.78, 5) is 0. The normalized spacial score (nSPS) is 18.8. The van der Waals surface area contributed by atoms with Crippen LogP contribution in [0.3, 0.4) is 0 Å². The van der Waals surface area contributed by atoms with Crippen LogP contribution in [0.25, 0.3) is 0 Å². The van der Waals surface area contributed by atoms with Gasteiger partial charge >= 0.3 is 0 Å². The molecule has 0 aromatic heterocycles. The van der Waals surface area contributed by atoms with Crippen molar-refractivity contribution in [1.82, 2.24) is 5.32 Å². The number of fused-ring (bicyclic) bond motifs is 1. The van der Waals surface area contributed by atoms with Gasteiger partial charge in [-0.25, -0.2) is 4.39 Å². The van der Waals surface area contributed by atoms with Crippen molar-refractivity contribution in [3.63, 3.8) is 0 Å². The molecule has 2 aromatic rings. The van der Waals surface area contributed by atoms with Crippen LogP contribution in [0.1, 0.15) is 35.2 Å². The van der Waals surface area contributed by atoms with Gasteiger partial charge in [-0.15, -0.1) is 0 Å². The topological polar surface area (TPSA) is 32.3 Å². The lowest BCUT2D eigenvalue weighted by molar-refractivity contribution is 0.233. The third-order valence-corrected chi connectivity index (χ3v) is 4.00. The van der Waals surface area contributed by atoms with Gasteiger partial charge in [-0.1, -0.05) is 42.5 Å². The second kappa shape index (κ2) is 5.73. The van der Waals surface area contributed by atoms with Crippen molar-refractivity contribution in [1.29, 1.82) is 0 Å². The fourth-order valence-corrected chi connectivity index (χ4v) is 2.97. The number of hydrogen-bond donors (Lipinski definition) is 2. The molecule has 2 atom stereocenters. The zero-order valence-corrected chi connectivity index (χ0v) is 11.2. The maximum absolute atomic E-state index is 13.7. The minimum atomic E-state index is -0.118. The highest BCUT2D eigenvalue weighted by Gasteiger charge is 2.26. The minimum absolute atomic E-state index is 0.0329. The molecule has 2 N–H and O–H groups in total. The third-order valence-electron chi connectivity index (χ3n) is 4.00. The summed E-state index contributed by atoms with van der Waals surface area (Å²) in [6.45, 7) is 0.0329. The molecule has 0 radical (unpaired) electrons. The van der Waals surface area contributed by atoms with Gasteiger partial charge in [0.2, 0.25) is 0 Å². The second-order valence-electron chi connectivity index (χ2n) is 5.21. The lowest BCUT2D eigenvalue weighted by Gasteiger charge is -2.22. The monoisotopic (exact) mass is 271 g/mol. The number of aliphatic hydroxyl groups excluding tert-OH is 1. The Morgan fingerprint density at radius 3 is 2.70 bits per heavy atom. The molecular formula is C17H18FNO. The van der Waals surface area contributed by atoms with Crippen LogP contribution < -0.4 is 5.32 Å². The van der Waals surface area contributed by atoms with Gasteiger partial charge in [0.25, 0.3) is 0 Å². The van der Waals surface area contributed by atoms with E-state index in [1.54, 1.807) is 6.07 Å². The molecule has 104 valence electrons. The first-order valence-electron chi connectivity index (χ1n) is 6.98. The quantitative estimate of drug-likeness (QED) is 0.895. The van der Waals surface area contributed by atoms with Crippen molar-refractivity contribution in [2.24, 2.45) is 0 Å². The molecule has 3 heteroatoms. The highest BCUT2D eigenvalue weighted by atomic mass is 19.1. The first-order valence-corrected chi connectivity index (χ1v) is 6.98. The molecule has 1 unspecified atom stereocenters. The van der Waals surface area contributed by atoms with Gasteiger partial charge in [0.1, 0.15) is 5.82 Å². The van der Waals surface area contributed by atoms with Crippen LogP contribution in [0, 0.1) is 5.82 Å². The Morgan fingerprint density at radius 2 is 1.95 bits per heavy atom. The fraction of sp³-hybridized carbons (Fsp3) is 0.294. The lowest BCUT2D eigenvalue weighted by atomic mass is 10.0. The van der Waals surface area contributed by atoms with E-state index in [1.807, 2.05) is 36.4 Å². The molecule has 1 aliphatic carbocycles. The van der Waals surface area contributed by atoms with Crippen LogP contribution >= 0.6 is 0 Å². The Bertz CT molecular complexity index is 585. The van der Waals surface area contributed by atoms with Gasteiger partial charge in [-0.3, -0.25) is 0 Å². The van der Waals surface area contributed by atoms with E-state index in [1.165, 1.54) is 6.07 Å². The van der Waals surface area contributed by atoms with Crippen molar-refractivity contribution >= 4 is 0 Å². The summed E-state index contributed by atoms with van der Waals surface area (Å²) in [7, 11) is 0. The molecule has 0 heterocycles. The number of nitrogens with one attached hydrogen (secondary N) is 1. The van der Waals surface area contributed by atoms with Crippen molar-refractivity contribution in [2.45, 2.75) is 24.9 Å². The molecular weight excluding hydrogens is 253 g/mol. The van der Waals surface area contributed by atoms with Crippen molar-refractivity contribution in [3.05, 3.63) is 71.0 Å². The van der Waals surface area contributed by atoms with E-state index in [2.05, 4.69) is 5.32 Å². The van der Waals surface area contributed by atoms with Gasteiger partial charge in [0.15, 0.2) is 0 Å². The van der Waals surface area contributed by atoms with E-state index in [0.717, 1.165) is 29.5 Å². The molecule has 0 bridgehead atoms. The van der Waals surface area contributed by atoms with Crippen LogP contribution in [0.2, 0.25) is 0 Å². The van der Waals surface area contributed by atoms with Gasteiger partial charge in [0, 0.05) is 6.04 Å². The molecule has 0 fully saturated rings. The molecule has 0 aliphatic heterocycles. The molecule has 0 saturated carbocycles. The van der Waals surface area contributed by atoms with Gasteiger partial charge < -0.3 is 10.4 Å². The first kappa shape index (κ1) is 13.3. The Morgan fingerprint density at radius 1 is 1.15 bits per heavy atom. The van der Waals surface area contributed by atoms with Crippen LogP contribution in [-0.2, 0) is 6.42 Å². The van der Waals surface area contributed by atoms with Crippen molar-refractivity contribution < 1.29 is 9.50 Å². The van der Waals surface area contributed by atoms with Crippen molar-refractivity contribution in [2.75, 3.05) is 6.61 Å². The van der Waals surface area contributed by atoms with Crippen LogP contribution in [0.5, 0.6) is 0 Å². The van der Waals surface area contributed by atoms with E-state index in [4.69, 9.17) is 0 Å². The molecule has 0 saturated heterocycles. The number of rotatable bonds is 4. The first-order chi connectivity index (χ1) is 9.79. The number of benzene rings is 2. The Labute approximate surface area is 118 Å². The van der Waals surface area contributed by atoms with Crippen LogP contribution in [0.15, 0.2) is 48.5 Å². The number of hydrogen-bond acceptors (Lipinski definition) is 2. The molecule has 2 aromatic carbocycles. The third kappa shape index (κ3) is 2.47. The fourth-order valence-electron chi connectivity index (χ4n) is 2.97. The summed E-state index contributed by atoms with van der Waals surface area (Å²) in [5.74, 6) is -0.118. The molecule has 2 nitrogen and oxygen atoms in total. The summed E-state index contributed by atoms with van der Waals surface area (Å²) in [5, 5.41) is 13.1. The summed E-state index contributed by atoms with van der Waals surface area (Å²) >= 11 is 0. The van der Waals surface area contributed by atoms with E-state index in [-0.39, 0.29) is 24.5 Å². The zero-order chi connectivity index (χ0) is 13.9. The minimum Gasteiger partial charge on any atom is -0.394 e. The summed E-state index contributed by atoms with van der Waals surface area (Å²) < 4.78 is 13.7. The maximum atomic E-state index is 13.7. The summed E-state index contributed by atoms with van der Waals surface area (Å²) in [5.41, 5.74) is 2.90. The standard InChI is InChI=1S/C17H18FNO/c18-15-8-4-7-14-13(15)9-10-16(14)19-17(11-20)12-5-2-1-3-6-12/h1-8,16-17,19-20H,9-11H2/t16?,17-/m1/s1. The SMILES string of the molecule is OC[C@@H](NC1CCc2c(F)cccc21)c1ccccc1. The van der Waals surface area contributed by atoms with E-state index >= 15 is 0 Å². The molecule has 0 spiro atoms. The smallest absolute Gasteiger partial charge is 0.126 e. The highest BCUT2D eigenvalue weighted by molar-refractivity contribution is 5.36. The Kier molecular flexibility index (Phi) is 3.81.